The summed E-state index contributed by atoms with van der Waals surface area (Å²) in [6.45, 7) is 6.59. The van der Waals surface area contributed by atoms with Gasteiger partial charge in [-0.2, -0.15) is 0 Å². The van der Waals surface area contributed by atoms with Crippen LogP contribution >= 0.6 is 0 Å². The Hall–Kier alpha value is -0.255. The van der Waals surface area contributed by atoms with E-state index in [0.717, 1.165) is 0 Å². The van der Waals surface area contributed by atoms with Crippen molar-refractivity contribution >= 4 is 7.25 Å². The zero-order valence-corrected chi connectivity index (χ0v) is 11.6. The summed E-state index contributed by atoms with van der Waals surface area (Å²) >= 11 is 0. The third-order valence-corrected chi connectivity index (χ3v) is 3.45. The topological polar surface area (TPSA) is 0 Å². The van der Waals surface area contributed by atoms with Crippen LogP contribution in [-0.4, -0.2) is 38.4 Å². The molecule has 1 nitrogen and oxygen atoms in total. The monoisotopic (exact) mass is 271 g/mol. The summed E-state index contributed by atoms with van der Waals surface area (Å²) in [4.78, 5) is 0. The summed E-state index contributed by atoms with van der Waals surface area (Å²) in [5, 5.41) is 0. The van der Waals surface area contributed by atoms with Crippen molar-refractivity contribution in [2.24, 2.45) is 0 Å². The first-order valence-corrected chi connectivity index (χ1v) is 6.98. The van der Waals surface area contributed by atoms with Gasteiger partial charge in [0.1, 0.15) is 0 Å². The third kappa shape index (κ3) is 12.2. The smallest absolute Gasteiger partial charge is 0.418 e. The average molecular weight is 271 g/mol. The first-order chi connectivity index (χ1) is 8.27. The Bertz CT molecular complexity index is 197. The molecule has 0 aromatic carbocycles. The zero-order chi connectivity index (χ0) is 14.1. The molecule has 1 fully saturated rings. The van der Waals surface area contributed by atoms with Crippen molar-refractivity contribution in [1.29, 1.82) is 0 Å². The molecule has 0 aromatic rings. The van der Waals surface area contributed by atoms with Gasteiger partial charge < -0.3 is 21.7 Å². The van der Waals surface area contributed by atoms with E-state index in [-0.39, 0.29) is 0 Å². The van der Waals surface area contributed by atoms with Crippen molar-refractivity contribution in [2.45, 2.75) is 51.9 Å². The van der Waals surface area contributed by atoms with Gasteiger partial charge in [0.2, 0.25) is 0 Å². The Morgan fingerprint density at radius 2 is 1.39 bits per heavy atom. The molecule has 0 N–H and O–H groups in total. The van der Waals surface area contributed by atoms with Gasteiger partial charge in [-0.25, -0.2) is 0 Å². The fraction of sp³-hybridized carbons (Fsp3) is 1.00. The third-order valence-electron chi connectivity index (χ3n) is 3.45. The lowest BCUT2D eigenvalue weighted by molar-refractivity contribution is -0.914. The van der Waals surface area contributed by atoms with Gasteiger partial charge in [-0.15, -0.1) is 0 Å². The molecule has 1 heterocycles. The Balaban J connectivity index is 0.000000494. The highest BCUT2D eigenvalue weighted by Gasteiger charge is 2.23. The van der Waals surface area contributed by atoms with Crippen LogP contribution in [0.2, 0.25) is 0 Å². The normalized spacial score (nSPS) is 19.0. The lowest BCUT2D eigenvalue weighted by Crippen LogP contribution is -2.48. The van der Waals surface area contributed by atoms with Gasteiger partial charge in [0.15, 0.2) is 0 Å². The summed E-state index contributed by atoms with van der Waals surface area (Å²) < 4.78 is 40.4. The van der Waals surface area contributed by atoms with Gasteiger partial charge in [-0.3, -0.25) is 0 Å². The molecule has 1 saturated heterocycles. The fourth-order valence-electron chi connectivity index (χ4n) is 2.42. The Kier molecular flexibility index (Phi) is 8.65. The van der Waals surface area contributed by atoms with E-state index in [1.807, 2.05) is 0 Å². The van der Waals surface area contributed by atoms with Crippen molar-refractivity contribution < 1.29 is 21.7 Å². The second-order valence-corrected chi connectivity index (χ2v) is 5.41. The molecule has 1 rings (SSSR count). The number of nitrogens with zero attached hydrogens (tertiary/aromatic N) is 1. The van der Waals surface area contributed by atoms with Crippen LogP contribution in [0, 0.1) is 0 Å². The standard InChI is InChI=1S/C12H26N.BF4/c1-3-4-5-7-10-13(2)11-8-6-9-12-13;2-1(3,4)5/h3-12H2,1-2H3;/q+1;-1. The summed E-state index contributed by atoms with van der Waals surface area (Å²) in [6, 6.07) is 0. The van der Waals surface area contributed by atoms with Gasteiger partial charge in [-0.05, 0) is 32.1 Å². The lowest BCUT2D eigenvalue weighted by atomic mass is 10.1. The van der Waals surface area contributed by atoms with Gasteiger partial charge >= 0.3 is 7.25 Å². The van der Waals surface area contributed by atoms with Gasteiger partial charge in [0, 0.05) is 0 Å². The molecule has 0 unspecified atom stereocenters. The van der Waals surface area contributed by atoms with Crippen LogP contribution in [0.15, 0.2) is 0 Å². The van der Waals surface area contributed by atoms with E-state index < -0.39 is 7.25 Å². The molecule has 0 spiro atoms. The van der Waals surface area contributed by atoms with E-state index in [1.165, 1.54) is 69.1 Å². The first-order valence-electron chi connectivity index (χ1n) is 6.98. The number of hydrogen-bond donors (Lipinski definition) is 0. The van der Waals surface area contributed by atoms with Crippen LogP contribution in [0.1, 0.15) is 51.9 Å². The van der Waals surface area contributed by atoms with Crippen LogP contribution in [0.3, 0.4) is 0 Å². The molecule has 0 bridgehead atoms. The highest BCUT2D eigenvalue weighted by Crippen LogP contribution is 2.17. The van der Waals surface area contributed by atoms with Crippen molar-refractivity contribution in [3.8, 4) is 0 Å². The quantitative estimate of drug-likeness (QED) is 0.299. The van der Waals surface area contributed by atoms with Gasteiger partial charge in [0.05, 0.1) is 26.7 Å². The highest BCUT2D eigenvalue weighted by atomic mass is 19.5. The number of unbranched alkanes of at least 4 members (excludes halogenated alkanes) is 3. The molecule has 0 atom stereocenters. The summed E-state index contributed by atoms with van der Waals surface area (Å²) in [5.74, 6) is 0. The highest BCUT2D eigenvalue weighted by molar-refractivity contribution is 6.50. The second-order valence-electron chi connectivity index (χ2n) is 5.41. The lowest BCUT2D eigenvalue weighted by Gasteiger charge is -2.37. The Morgan fingerprint density at radius 3 is 1.83 bits per heavy atom. The minimum Gasteiger partial charge on any atom is -0.418 e. The SMILES string of the molecule is CCCCCC[N+]1(C)CCCCC1.F[B-](F)(F)F. The molecule has 0 amide bonds. The molecule has 0 aliphatic carbocycles. The molecule has 110 valence electrons. The van der Waals surface area contributed by atoms with Crippen molar-refractivity contribution in [2.75, 3.05) is 26.7 Å². The van der Waals surface area contributed by atoms with Crippen LogP contribution in [0.25, 0.3) is 0 Å². The number of quaternary nitrogens is 1. The van der Waals surface area contributed by atoms with Gasteiger partial charge in [-0.1, -0.05) is 19.8 Å². The van der Waals surface area contributed by atoms with E-state index in [9.17, 15) is 17.3 Å². The maximum absolute atomic E-state index is 9.75. The largest absolute Gasteiger partial charge is 0.673 e. The van der Waals surface area contributed by atoms with Crippen molar-refractivity contribution in [3.05, 3.63) is 0 Å². The van der Waals surface area contributed by atoms with Crippen molar-refractivity contribution in [1.82, 2.24) is 0 Å². The Labute approximate surface area is 108 Å². The summed E-state index contributed by atoms with van der Waals surface area (Å²) in [6.07, 6.45) is 10.1. The van der Waals surface area contributed by atoms with Crippen LogP contribution in [0.5, 0.6) is 0 Å². The number of halogens is 4. The summed E-state index contributed by atoms with van der Waals surface area (Å²) in [5.41, 5.74) is 0. The molecular weight excluding hydrogens is 245 g/mol. The Morgan fingerprint density at radius 1 is 0.889 bits per heavy atom. The molecule has 0 aromatic heterocycles. The predicted octanol–water partition coefficient (Wildman–Crippen LogP) is 4.50. The maximum atomic E-state index is 9.75. The number of likely N-dealkylation sites (tertiary alicyclic amines) is 1. The van der Waals surface area contributed by atoms with E-state index in [4.69, 9.17) is 0 Å². The fourth-order valence-corrected chi connectivity index (χ4v) is 2.42. The molecule has 1 aliphatic rings. The zero-order valence-electron chi connectivity index (χ0n) is 11.6. The minimum atomic E-state index is -6.00. The van der Waals surface area contributed by atoms with Crippen LogP contribution in [0.4, 0.5) is 17.3 Å². The van der Waals surface area contributed by atoms with E-state index in [0.29, 0.717) is 0 Å². The van der Waals surface area contributed by atoms with Crippen molar-refractivity contribution in [3.63, 3.8) is 0 Å². The number of rotatable bonds is 5. The molecule has 18 heavy (non-hydrogen) atoms. The van der Waals surface area contributed by atoms with E-state index in [2.05, 4.69) is 14.0 Å². The van der Waals surface area contributed by atoms with Crippen LogP contribution < -0.4 is 0 Å². The van der Waals surface area contributed by atoms with E-state index >= 15 is 0 Å². The molecular formula is C12H26BF4N. The molecule has 0 radical (unpaired) electrons. The molecule has 1 aliphatic heterocycles. The van der Waals surface area contributed by atoms with Crippen LogP contribution in [-0.2, 0) is 0 Å². The first kappa shape index (κ1) is 17.7. The molecule has 0 saturated carbocycles. The summed E-state index contributed by atoms with van der Waals surface area (Å²) in [7, 11) is -3.55. The van der Waals surface area contributed by atoms with Gasteiger partial charge in [0.25, 0.3) is 0 Å². The minimum absolute atomic E-state index is 1.36. The number of piperidine rings is 1. The van der Waals surface area contributed by atoms with E-state index in [1.54, 1.807) is 0 Å². The molecule has 6 heteroatoms. The number of hydrogen-bond acceptors (Lipinski definition) is 0. The second kappa shape index (κ2) is 8.78. The predicted molar refractivity (Wildman–Crippen MR) is 69.0 cm³/mol. The maximum Gasteiger partial charge on any atom is 0.673 e. The average Bonchev–Trinajstić information content (AvgIpc) is 2.23.